The number of H-pyrrole nitrogens is 1. The Morgan fingerprint density at radius 2 is 1.90 bits per heavy atom. The van der Waals surface area contributed by atoms with Gasteiger partial charge in [-0.05, 0) is 60.1 Å². The van der Waals surface area contributed by atoms with E-state index >= 15 is 0 Å². The third-order valence-electron chi connectivity index (χ3n) is 5.05. The molecule has 0 aliphatic rings. The van der Waals surface area contributed by atoms with Crippen LogP contribution >= 0.6 is 0 Å². The molecule has 2 aromatic heterocycles. The Bertz CT molecular complexity index is 1110. The fourth-order valence-corrected chi connectivity index (χ4v) is 3.70. The van der Waals surface area contributed by atoms with Gasteiger partial charge in [-0.2, -0.15) is 0 Å². The average molecular weight is 387 g/mol. The van der Waals surface area contributed by atoms with Crippen LogP contribution in [0.5, 0.6) is 5.75 Å². The summed E-state index contributed by atoms with van der Waals surface area (Å²) in [5.74, 6) is 0.848. The second kappa shape index (κ2) is 8.47. The van der Waals surface area contributed by atoms with Crippen LogP contribution in [0, 0.1) is 0 Å². The highest BCUT2D eigenvalue weighted by molar-refractivity contribution is 5.87. The second-order valence-corrected chi connectivity index (χ2v) is 7.32. The van der Waals surface area contributed by atoms with Crippen LogP contribution in [0.15, 0.2) is 67.0 Å². The maximum absolute atomic E-state index is 9.37. The molecule has 0 unspecified atom stereocenters. The fraction of sp³-hybridized carbons (Fsp3) is 0.208. The van der Waals surface area contributed by atoms with Crippen molar-refractivity contribution in [1.29, 1.82) is 0 Å². The Morgan fingerprint density at radius 3 is 2.66 bits per heavy atom. The summed E-state index contributed by atoms with van der Waals surface area (Å²) in [6.45, 7) is 1.67. The highest BCUT2D eigenvalue weighted by Gasteiger charge is 2.11. The first-order valence-electron chi connectivity index (χ1n) is 9.63. The lowest BCUT2D eigenvalue weighted by Gasteiger charge is -2.18. The fourth-order valence-electron chi connectivity index (χ4n) is 3.70. The largest absolute Gasteiger partial charge is 0.496 e. The van der Waals surface area contributed by atoms with E-state index in [9.17, 15) is 5.11 Å². The normalized spacial score (nSPS) is 11.3. The van der Waals surface area contributed by atoms with Crippen molar-refractivity contribution in [3.63, 3.8) is 0 Å². The van der Waals surface area contributed by atoms with E-state index in [1.807, 2.05) is 30.5 Å². The number of benzene rings is 2. The van der Waals surface area contributed by atoms with Crippen molar-refractivity contribution >= 4 is 10.9 Å². The predicted octanol–water partition coefficient (Wildman–Crippen LogP) is 4.36. The van der Waals surface area contributed by atoms with Gasteiger partial charge in [0.2, 0.25) is 0 Å². The van der Waals surface area contributed by atoms with Gasteiger partial charge in [0.15, 0.2) is 0 Å². The lowest BCUT2D eigenvalue weighted by Crippen LogP contribution is -2.17. The predicted molar refractivity (Wildman–Crippen MR) is 116 cm³/mol. The highest BCUT2D eigenvalue weighted by atomic mass is 16.5. The quantitative estimate of drug-likeness (QED) is 0.495. The van der Waals surface area contributed by atoms with Crippen molar-refractivity contribution in [2.75, 3.05) is 14.2 Å². The van der Waals surface area contributed by atoms with Gasteiger partial charge in [0.05, 0.1) is 13.7 Å². The summed E-state index contributed by atoms with van der Waals surface area (Å²) in [7, 11) is 3.81. The number of aliphatic hydroxyl groups is 1. The molecular formula is C24H25N3O2. The summed E-state index contributed by atoms with van der Waals surface area (Å²) in [6.07, 6.45) is 3.70. The number of ether oxygens (including phenoxy) is 1. The molecule has 0 saturated carbocycles. The van der Waals surface area contributed by atoms with Crippen LogP contribution in [-0.4, -0.2) is 34.1 Å². The minimum atomic E-state index is 0.00604. The lowest BCUT2D eigenvalue weighted by atomic mass is 10.00. The van der Waals surface area contributed by atoms with E-state index in [4.69, 9.17) is 4.74 Å². The molecule has 2 aromatic carbocycles. The van der Waals surface area contributed by atoms with Crippen molar-refractivity contribution in [3.8, 4) is 16.9 Å². The van der Waals surface area contributed by atoms with Gasteiger partial charge in [0.1, 0.15) is 5.75 Å². The molecule has 0 atom stereocenters. The zero-order chi connectivity index (χ0) is 20.2. The Labute approximate surface area is 170 Å². The van der Waals surface area contributed by atoms with E-state index in [1.165, 1.54) is 11.1 Å². The van der Waals surface area contributed by atoms with E-state index in [2.05, 4.69) is 52.2 Å². The Hall–Kier alpha value is -3.15. The molecule has 0 bridgehead atoms. The van der Waals surface area contributed by atoms with Gasteiger partial charge in [-0.3, -0.25) is 9.88 Å². The topological polar surface area (TPSA) is 61.4 Å². The van der Waals surface area contributed by atoms with Gasteiger partial charge in [-0.15, -0.1) is 0 Å². The summed E-state index contributed by atoms with van der Waals surface area (Å²) in [6, 6.07) is 18.6. The number of nitrogens with one attached hydrogen (secondary N) is 1. The molecule has 2 heterocycles. The molecule has 0 saturated heterocycles. The van der Waals surface area contributed by atoms with Crippen molar-refractivity contribution in [1.82, 2.24) is 14.9 Å². The number of aromatic nitrogens is 2. The summed E-state index contributed by atoms with van der Waals surface area (Å²) in [4.78, 5) is 9.68. The van der Waals surface area contributed by atoms with Gasteiger partial charge in [0, 0.05) is 47.6 Å². The number of hydrogen-bond acceptors (Lipinski definition) is 4. The molecule has 0 aliphatic carbocycles. The zero-order valence-electron chi connectivity index (χ0n) is 16.7. The number of pyridine rings is 1. The molecule has 0 spiro atoms. The number of methoxy groups -OCH3 is 1. The third-order valence-corrected chi connectivity index (χ3v) is 5.05. The molecular weight excluding hydrogens is 362 g/mol. The summed E-state index contributed by atoms with van der Waals surface area (Å²) < 4.78 is 5.62. The van der Waals surface area contributed by atoms with Gasteiger partial charge >= 0.3 is 0 Å². The SMILES string of the molecule is COc1ccc(CN(C)Cc2cccnc2)cc1-c1ccc2[nH]c(CO)cc2c1. The van der Waals surface area contributed by atoms with Gasteiger partial charge < -0.3 is 14.8 Å². The molecule has 0 amide bonds. The van der Waals surface area contributed by atoms with E-state index in [1.54, 1.807) is 13.3 Å². The van der Waals surface area contributed by atoms with Gasteiger partial charge in [0.25, 0.3) is 0 Å². The molecule has 4 rings (SSSR count). The third kappa shape index (κ3) is 4.31. The van der Waals surface area contributed by atoms with Crippen LogP contribution < -0.4 is 4.74 Å². The minimum absolute atomic E-state index is 0.00604. The van der Waals surface area contributed by atoms with Crippen molar-refractivity contribution in [2.45, 2.75) is 19.7 Å². The monoisotopic (exact) mass is 387 g/mol. The first-order valence-corrected chi connectivity index (χ1v) is 9.63. The van der Waals surface area contributed by atoms with Crippen LogP contribution in [-0.2, 0) is 19.7 Å². The Balaban J connectivity index is 1.61. The maximum atomic E-state index is 9.37. The molecule has 29 heavy (non-hydrogen) atoms. The molecule has 0 fully saturated rings. The smallest absolute Gasteiger partial charge is 0.126 e. The lowest BCUT2D eigenvalue weighted by molar-refractivity contribution is 0.278. The maximum Gasteiger partial charge on any atom is 0.126 e. The van der Waals surface area contributed by atoms with Crippen LogP contribution in [0.1, 0.15) is 16.8 Å². The number of aliphatic hydroxyl groups excluding tert-OH is 1. The van der Waals surface area contributed by atoms with Crippen molar-refractivity contribution in [2.24, 2.45) is 0 Å². The van der Waals surface area contributed by atoms with E-state index < -0.39 is 0 Å². The van der Waals surface area contributed by atoms with E-state index in [-0.39, 0.29) is 6.61 Å². The number of nitrogens with zero attached hydrogens (tertiary/aromatic N) is 2. The highest BCUT2D eigenvalue weighted by Crippen LogP contribution is 2.33. The van der Waals surface area contributed by atoms with Crippen LogP contribution in [0.2, 0.25) is 0 Å². The molecule has 0 radical (unpaired) electrons. The zero-order valence-corrected chi connectivity index (χ0v) is 16.7. The summed E-state index contributed by atoms with van der Waals surface area (Å²) in [5.41, 5.74) is 6.40. The second-order valence-electron chi connectivity index (χ2n) is 7.32. The van der Waals surface area contributed by atoms with Gasteiger partial charge in [-0.25, -0.2) is 0 Å². The van der Waals surface area contributed by atoms with Crippen LogP contribution in [0.4, 0.5) is 0 Å². The number of aromatic amines is 1. The van der Waals surface area contributed by atoms with Crippen LogP contribution in [0.25, 0.3) is 22.0 Å². The van der Waals surface area contributed by atoms with Crippen LogP contribution in [0.3, 0.4) is 0 Å². The minimum Gasteiger partial charge on any atom is -0.496 e. The molecule has 5 nitrogen and oxygen atoms in total. The standard InChI is InChI=1S/C24H25N3O2/c1-27(15-18-4-3-9-25-13-18)14-17-5-8-24(29-2)22(10-17)19-6-7-23-20(11-19)12-21(16-28)26-23/h3-13,26,28H,14-16H2,1-2H3. The van der Waals surface area contributed by atoms with Crippen molar-refractivity contribution < 1.29 is 9.84 Å². The summed E-state index contributed by atoms with van der Waals surface area (Å²) in [5, 5.41) is 10.4. The first kappa shape index (κ1) is 19.2. The number of rotatable bonds is 7. The number of hydrogen-bond donors (Lipinski definition) is 2. The Kier molecular flexibility index (Phi) is 5.60. The summed E-state index contributed by atoms with van der Waals surface area (Å²) >= 11 is 0. The average Bonchev–Trinajstić information content (AvgIpc) is 3.17. The van der Waals surface area contributed by atoms with Crippen molar-refractivity contribution in [3.05, 3.63) is 83.8 Å². The molecule has 148 valence electrons. The molecule has 2 N–H and O–H groups in total. The number of fused-ring (bicyclic) bond motifs is 1. The van der Waals surface area contributed by atoms with E-state index in [0.29, 0.717) is 0 Å². The Morgan fingerprint density at radius 1 is 1.03 bits per heavy atom. The van der Waals surface area contributed by atoms with Gasteiger partial charge in [-0.1, -0.05) is 18.2 Å². The van der Waals surface area contributed by atoms with E-state index in [0.717, 1.165) is 46.6 Å². The molecule has 0 aliphatic heterocycles. The first-order chi connectivity index (χ1) is 14.2. The molecule has 4 aromatic rings. The molecule has 5 heteroatoms.